The van der Waals surface area contributed by atoms with Crippen LogP contribution in [-0.4, -0.2) is 31.8 Å². The average Bonchev–Trinajstić information content (AvgIpc) is 2.73. The highest BCUT2D eigenvalue weighted by atomic mass is 16.5. The Morgan fingerprint density at radius 1 is 1.10 bits per heavy atom. The van der Waals surface area contributed by atoms with Crippen LogP contribution in [0.2, 0.25) is 0 Å². The molecule has 31 heavy (non-hydrogen) atoms. The lowest BCUT2D eigenvalue weighted by Crippen LogP contribution is -2.41. The molecule has 1 aliphatic rings. The molecule has 1 atom stereocenters. The normalized spacial score (nSPS) is 16.6. The molecule has 6 nitrogen and oxygen atoms in total. The summed E-state index contributed by atoms with van der Waals surface area (Å²) in [6, 6.07) is 11.4. The molecule has 0 saturated heterocycles. The third-order valence-electron chi connectivity index (χ3n) is 5.26. The second-order valence-corrected chi connectivity index (χ2v) is 8.24. The molecule has 6 heteroatoms. The van der Waals surface area contributed by atoms with E-state index in [2.05, 4.69) is 5.32 Å². The van der Waals surface area contributed by atoms with Gasteiger partial charge >= 0.3 is 0 Å². The molecular weight excluding hydrogens is 394 g/mol. The van der Waals surface area contributed by atoms with Crippen LogP contribution in [0.1, 0.15) is 57.7 Å². The largest absolute Gasteiger partial charge is 0.497 e. The van der Waals surface area contributed by atoms with Crippen LogP contribution in [0.15, 0.2) is 36.4 Å². The van der Waals surface area contributed by atoms with Gasteiger partial charge in [0.05, 0.1) is 26.4 Å². The quantitative estimate of drug-likeness (QED) is 0.620. The summed E-state index contributed by atoms with van der Waals surface area (Å²) in [4.78, 5) is 12.8. The van der Waals surface area contributed by atoms with Gasteiger partial charge in [0.25, 0.3) is 0 Å². The Balaban J connectivity index is 1.68. The van der Waals surface area contributed by atoms with E-state index in [1.165, 1.54) is 0 Å². The van der Waals surface area contributed by atoms with Crippen LogP contribution in [0, 0.1) is 0 Å². The lowest BCUT2D eigenvalue weighted by atomic mass is 9.89. The molecule has 0 unspecified atom stereocenters. The summed E-state index contributed by atoms with van der Waals surface area (Å²) in [6.07, 6.45) is 1.70. The number of amides is 1. The summed E-state index contributed by atoms with van der Waals surface area (Å²) in [5.74, 6) is 2.99. The average molecular weight is 428 g/mol. The number of fused-ring (bicyclic) bond motifs is 1. The van der Waals surface area contributed by atoms with E-state index in [0.717, 1.165) is 34.1 Å². The number of ether oxygens (including phenoxy) is 4. The van der Waals surface area contributed by atoms with Crippen molar-refractivity contribution in [2.45, 2.75) is 58.6 Å². The van der Waals surface area contributed by atoms with Crippen LogP contribution < -0.4 is 24.3 Å². The molecule has 2 aromatic rings. The maximum atomic E-state index is 12.8. The zero-order valence-electron chi connectivity index (χ0n) is 19.1. The van der Waals surface area contributed by atoms with Crippen molar-refractivity contribution in [1.29, 1.82) is 0 Å². The highest BCUT2D eigenvalue weighted by molar-refractivity contribution is 5.77. The lowest BCUT2D eigenvalue weighted by molar-refractivity contribution is -0.122. The minimum atomic E-state index is -0.360. The van der Waals surface area contributed by atoms with Crippen LogP contribution in [0.5, 0.6) is 23.0 Å². The van der Waals surface area contributed by atoms with Crippen molar-refractivity contribution >= 4 is 5.91 Å². The van der Waals surface area contributed by atoms with Crippen molar-refractivity contribution in [3.05, 3.63) is 47.5 Å². The van der Waals surface area contributed by atoms with Gasteiger partial charge in [0.2, 0.25) is 5.91 Å². The Bertz CT molecular complexity index is 909. The summed E-state index contributed by atoms with van der Waals surface area (Å²) in [5, 5.41) is 3.19. The van der Waals surface area contributed by atoms with E-state index in [9.17, 15) is 4.79 Å². The van der Waals surface area contributed by atoms with Gasteiger partial charge in [-0.05, 0) is 70.0 Å². The van der Waals surface area contributed by atoms with Gasteiger partial charge in [-0.15, -0.1) is 0 Å². The predicted octanol–water partition coefficient (Wildman–Crippen LogP) is 4.84. The third-order valence-corrected chi connectivity index (χ3v) is 5.26. The number of carbonyl (C=O) groups excluding carboxylic acids is 1. The number of hydrogen-bond acceptors (Lipinski definition) is 5. The molecule has 0 saturated carbocycles. The first-order valence-electron chi connectivity index (χ1n) is 10.9. The lowest BCUT2D eigenvalue weighted by Gasteiger charge is -2.38. The summed E-state index contributed by atoms with van der Waals surface area (Å²) >= 11 is 0. The van der Waals surface area contributed by atoms with Crippen molar-refractivity contribution in [2.24, 2.45) is 0 Å². The molecule has 0 spiro atoms. The Kier molecular flexibility index (Phi) is 7.31. The number of carbonyl (C=O) groups is 1. The fraction of sp³-hybridized carbons (Fsp3) is 0.480. The molecule has 1 aliphatic heterocycles. The molecule has 168 valence electrons. The first-order chi connectivity index (χ1) is 14.8. The third kappa shape index (κ3) is 5.84. The summed E-state index contributed by atoms with van der Waals surface area (Å²) < 4.78 is 22.8. The second kappa shape index (κ2) is 9.94. The molecule has 1 N–H and O–H groups in total. The SMILES string of the molecule is CCOc1ccc(CCC(=O)N[C@H]2CC(C)(C)Oc3ccc(OC)cc32)cc1OCC. The van der Waals surface area contributed by atoms with Crippen molar-refractivity contribution in [3.8, 4) is 23.0 Å². The number of methoxy groups -OCH3 is 1. The molecule has 2 aromatic carbocycles. The second-order valence-electron chi connectivity index (χ2n) is 8.24. The Morgan fingerprint density at radius 3 is 2.55 bits per heavy atom. The van der Waals surface area contributed by atoms with Crippen LogP contribution in [0.4, 0.5) is 0 Å². The first-order valence-corrected chi connectivity index (χ1v) is 10.9. The van der Waals surface area contributed by atoms with Gasteiger partial charge in [-0.1, -0.05) is 6.07 Å². The van der Waals surface area contributed by atoms with Gasteiger partial charge in [0, 0.05) is 18.4 Å². The smallest absolute Gasteiger partial charge is 0.220 e. The van der Waals surface area contributed by atoms with Crippen molar-refractivity contribution < 1.29 is 23.7 Å². The van der Waals surface area contributed by atoms with Gasteiger partial charge in [-0.25, -0.2) is 0 Å². The Labute approximate surface area is 184 Å². The van der Waals surface area contributed by atoms with Crippen molar-refractivity contribution in [2.75, 3.05) is 20.3 Å². The number of rotatable bonds is 9. The van der Waals surface area contributed by atoms with Gasteiger partial charge in [-0.2, -0.15) is 0 Å². The van der Waals surface area contributed by atoms with E-state index in [1.54, 1.807) is 7.11 Å². The molecular formula is C25H33NO5. The molecule has 1 heterocycles. The number of aryl methyl sites for hydroxylation is 1. The molecule has 0 radical (unpaired) electrons. The van der Waals surface area contributed by atoms with Crippen LogP contribution in [0.3, 0.4) is 0 Å². The monoisotopic (exact) mass is 427 g/mol. The fourth-order valence-electron chi connectivity index (χ4n) is 3.86. The minimum absolute atomic E-state index is 0.00307. The maximum absolute atomic E-state index is 12.8. The fourth-order valence-corrected chi connectivity index (χ4v) is 3.86. The highest BCUT2D eigenvalue weighted by Crippen LogP contribution is 2.41. The summed E-state index contributed by atoms with van der Waals surface area (Å²) in [6.45, 7) is 9.10. The number of hydrogen-bond donors (Lipinski definition) is 1. The predicted molar refractivity (Wildman–Crippen MR) is 120 cm³/mol. The summed E-state index contributed by atoms with van der Waals surface area (Å²) in [7, 11) is 1.64. The molecule has 0 aromatic heterocycles. The van der Waals surface area contributed by atoms with Crippen LogP contribution in [0.25, 0.3) is 0 Å². The van der Waals surface area contributed by atoms with Gasteiger partial charge < -0.3 is 24.3 Å². The standard InChI is InChI=1S/C25H33NO5/c1-6-29-22-11-8-17(14-23(22)30-7-2)9-13-24(27)26-20-16-25(3,4)31-21-12-10-18(28-5)15-19(20)21/h8,10-12,14-15,20H,6-7,9,13,16H2,1-5H3,(H,26,27)/t20-/m0/s1. The zero-order valence-corrected chi connectivity index (χ0v) is 19.1. The maximum Gasteiger partial charge on any atom is 0.220 e. The van der Waals surface area contributed by atoms with E-state index in [0.29, 0.717) is 32.5 Å². The Morgan fingerprint density at radius 2 is 1.84 bits per heavy atom. The first kappa shape index (κ1) is 22.8. The van der Waals surface area contributed by atoms with Gasteiger partial charge in [0.1, 0.15) is 17.1 Å². The van der Waals surface area contributed by atoms with E-state index in [1.807, 2.05) is 64.1 Å². The Hall–Kier alpha value is -2.89. The minimum Gasteiger partial charge on any atom is -0.497 e. The van der Waals surface area contributed by atoms with Gasteiger partial charge in [0.15, 0.2) is 11.5 Å². The highest BCUT2D eigenvalue weighted by Gasteiger charge is 2.34. The summed E-state index contributed by atoms with van der Waals surface area (Å²) in [5.41, 5.74) is 1.63. The number of nitrogens with one attached hydrogen (secondary N) is 1. The molecule has 3 rings (SSSR count). The van der Waals surface area contributed by atoms with Crippen LogP contribution >= 0.6 is 0 Å². The molecule has 1 amide bonds. The molecule has 0 bridgehead atoms. The molecule has 0 aliphatic carbocycles. The topological polar surface area (TPSA) is 66.0 Å². The van der Waals surface area contributed by atoms with E-state index in [4.69, 9.17) is 18.9 Å². The molecule has 0 fully saturated rings. The van der Waals surface area contributed by atoms with E-state index < -0.39 is 0 Å². The van der Waals surface area contributed by atoms with Crippen molar-refractivity contribution in [3.63, 3.8) is 0 Å². The van der Waals surface area contributed by atoms with Crippen LogP contribution in [-0.2, 0) is 11.2 Å². The van der Waals surface area contributed by atoms with Gasteiger partial charge in [-0.3, -0.25) is 4.79 Å². The zero-order chi connectivity index (χ0) is 22.4. The van der Waals surface area contributed by atoms with E-state index >= 15 is 0 Å². The van der Waals surface area contributed by atoms with E-state index in [-0.39, 0.29) is 17.6 Å². The van der Waals surface area contributed by atoms with Crippen molar-refractivity contribution in [1.82, 2.24) is 5.32 Å². The number of benzene rings is 2.